The van der Waals surface area contributed by atoms with Gasteiger partial charge >= 0.3 is 0 Å². The fourth-order valence-corrected chi connectivity index (χ4v) is 1.53. The highest BCUT2D eigenvalue weighted by Crippen LogP contribution is 2.18. The Balaban J connectivity index is 2.77. The SMILES string of the molecule is Cc1cc2c(c(C)n1)C(=O)NC2=O. The van der Waals surface area contributed by atoms with E-state index in [1.165, 1.54) is 0 Å². The number of aromatic nitrogens is 1. The van der Waals surface area contributed by atoms with Gasteiger partial charge in [-0.15, -0.1) is 0 Å². The average molecular weight is 176 g/mol. The van der Waals surface area contributed by atoms with Gasteiger partial charge in [0.1, 0.15) is 0 Å². The Morgan fingerprint density at radius 3 is 2.62 bits per heavy atom. The quantitative estimate of drug-likeness (QED) is 0.588. The normalized spacial score (nSPS) is 14.3. The van der Waals surface area contributed by atoms with Gasteiger partial charge in [-0.1, -0.05) is 0 Å². The van der Waals surface area contributed by atoms with Crippen LogP contribution < -0.4 is 5.32 Å². The van der Waals surface area contributed by atoms with E-state index in [4.69, 9.17) is 0 Å². The molecule has 0 bridgehead atoms. The summed E-state index contributed by atoms with van der Waals surface area (Å²) in [5, 5.41) is 2.23. The average Bonchev–Trinajstić information content (AvgIpc) is 2.27. The van der Waals surface area contributed by atoms with Crippen molar-refractivity contribution in [2.75, 3.05) is 0 Å². The summed E-state index contributed by atoms with van der Waals surface area (Å²) in [7, 11) is 0. The molecule has 4 nitrogen and oxygen atoms in total. The maximum absolute atomic E-state index is 11.2. The van der Waals surface area contributed by atoms with Gasteiger partial charge in [0.05, 0.1) is 16.8 Å². The highest BCUT2D eigenvalue weighted by molar-refractivity contribution is 6.21. The van der Waals surface area contributed by atoms with Gasteiger partial charge in [0, 0.05) is 5.69 Å². The molecule has 0 atom stereocenters. The van der Waals surface area contributed by atoms with Crippen molar-refractivity contribution in [1.29, 1.82) is 0 Å². The minimum Gasteiger partial charge on any atom is -0.288 e. The van der Waals surface area contributed by atoms with E-state index in [0.717, 1.165) is 5.69 Å². The second-order valence-corrected chi connectivity index (χ2v) is 3.05. The summed E-state index contributed by atoms with van der Waals surface area (Å²) >= 11 is 0. The third-order valence-electron chi connectivity index (χ3n) is 2.03. The molecule has 0 saturated carbocycles. The number of carbonyl (C=O) groups is 2. The number of imide groups is 1. The topological polar surface area (TPSA) is 59.1 Å². The van der Waals surface area contributed by atoms with Gasteiger partial charge in [0.25, 0.3) is 11.8 Å². The molecule has 2 heterocycles. The minimum atomic E-state index is -0.343. The first-order valence-electron chi connectivity index (χ1n) is 3.93. The number of amides is 2. The van der Waals surface area contributed by atoms with E-state index in [1.807, 2.05) is 0 Å². The Labute approximate surface area is 75.0 Å². The summed E-state index contributed by atoms with van der Waals surface area (Å²) in [5.41, 5.74) is 2.21. The van der Waals surface area contributed by atoms with E-state index in [2.05, 4.69) is 10.3 Å². The van der Waals surface area contributed by atoms with Crippen molar-refractivity contribution in [3.63, 3.8) is 0 Å². The standard InChI is InChI=1S/C9H8N2O2/c1-4-3-6-7(5(2)10-4)9(13)11-8(6)12/h3H,1-2H3,(H,11,12,13). The molecule has 2 amide bonds. The Hall–Kier alpha value is -1.71. The van der Waals surface area contributed by atoms with Crippen molar-refractivity contribution in [1.82, 2.24) is 10.3 Å². The lowest BCUT2D eigenvalue weighted by Gasteiger charge is -1.99. The van der Waals surface area contributed by atoms with Crippen molar-refractivity contribution in [3.8, 4) is 0 Å². The number of aryl methyl sites for hydroxylation is 2. The lowest BCUT2D eigenvalue weighted by Crippen LogP contribution is -2.20. The number of fused-ring (bicyclic) bond motifs is 1. The molecule has 0 aliphatic carbocycles. The zero-order valence-corrected chi connectivity index (χ0v) is 7.34. The predicted octanol–water partition coefficient (Wildman–Crippen LogP) is 0.582. The Kier molecular flexibility index (Phi) is 1.45. The predicted molar refractivity (Wildman–Crippen MR) is 45.5 cm³/mol. The molecule has 1 aliphatic rings. The van der Waals surface area contributed by atoms with Crippen LogP contribution in [0.15, 0.2) is 6.07 Å². The van der Waals surface area contributed by atoms with Crippen molar-refractivity contribution < 1.29 is 9.59 Å². The molecular weight excluding hydrogens is 168 g/mol. The van der Waals surface area contributed by atoms with Gasteiger partial charge in [-0.3, -0.25) is 19.9 Å². The van der Waals surface area contributed by atoms with Crippen LogP contribution >= 0.6 is 0 Å². The van der Waals surface area contributed by atoms with Crippen LogP contribution in [0.2, 0.25) is 0 Å². The zero-order valence-electron chi connectivity index (χ0n) is 7.34. The van der Waals surface area contributed by atoms with E-state index in [0.29, 0.717) is 16.8 Å². The second-order valence-electron chi connectivity index (χ2n) is 3.05. The van der Waals surface area contributed by atoms with Gasteiger partial charge in [-0.05, 0) is 19.9 Å². The van der Waals surface area contributed by atoms with Crippen LogP contribution in [0.5, 0.6) is 0 Å². The van der Waals surface area contributed by atoms with Gasteiger partial charge in [-0.2, -0.15) is 0 Å². The molecule has 1 aromatic rings. The van der Waals surface area contributed by atoms with Crippen LogP contribution in [0.1, 0.15) is 32.1 Å². The van der Waals surface area contributed by atoms with E-state index in [9.17, 15) is 9.59 Å². The van der Waals surface area contributed by atoms with Crippen LogP contribution in [0.3, 0.4) is 0 Å². The van der Waals surface area contributed by atoms with Crippen molar-refractivity contribution in [2.45, 2.75) is 13.8 Å². The number of pyridine rings is 1. The molecule has 4 heteroatoms. The van der Waals surface area contributed by atoms with Gasteiger partial charge in [-0.25, -0.2) is 0 Å². The molecule has 0 unspecified atom stereocenters. The lowest BCUT2D eigenvalue weighted by atomic mass is 10.1. The largest absolute Gasteiger partial charge is 0.288 e. The van der Waals surface area contributed by atoms with Gasteiger partial charge in [0.15, 0.2) is 0 Å². The van der Waals surface area contributed by atoms with Crippen LogP contribution in [-0.4, -0.2) is 16.8 Å². The third-order valence-corrected chi connectivity index (χ3v) is 2.03. The molecule has 0 spiro atoms. The maximum atomic E-state index is 11.2. The second kappa shape index (κ2) is 2.39. The molecule has 2 rings (SSSR count). The first-order valence-corrected chi connectivity index (χ1v) is 3.93. The fourth-order valence-electron chi connectivity index (χ4n) is 1.53. The van der Waals surface area contributed by atoms with Gasteiger partial charge < -0.3 is 0 Å². The summed E-state index contributed by atoms with van der Waals surface area (Å²) in [6.07, 6.45) is 0. The molecule has 1 aliphatic heterocycles. The number of nitrogens with one attached hydrogen (secondary N) is 1. The van der Waals surface area contributed by atoms with Gasteiger partial charge in [0.2, 0.25) is 0 Å². The number of hydrogen-bond donors (Lipinski definition) is 1. The molecule has 0 saturated heterocycles. The highest BCUT2D eigenvalue weighted by atomic mass is 16.2. The van der Waals surface area contributed by atoms with E-state index in [1.54, 1.807) is 19.9 Å². The molecule has 13 heavy (non-hydrogen) atoms. The van der Waals surface area contributed by atoms with Crippen molar-refractivity contribution in [3.05, 3.63) is 28.6 Å². The number of rotatable bonds is 0. The number of nitrogens with zero attached hydrogens (tertiary/aromatic N) is 1. The summed E-state index contributed by atoms with van der Waals surface area (Å²) < 4.78 is 0. The summed E-state index contributed by atoms with van der Waals surface area (Å²) in [4.78, 5) is 26.6. The monoisotopic (exact) mass is 176 g/mol. The van der Waals surface area contributed by atoms with E-state index < -0.39 is 0 Å². The number of hydrogen-bond acceptors (Lipinski definition) is 3. The summed E-state index contributed by atoms with van der Waals surface area (Å²) in [5.74, 6) is -0.668. The number of carbonyl (C=O) groups excluding carboxylic acids is 2. The lowest BCUT2D eigenvalue weighted by molar-refractivity contribution is 0.0879. The molecule has 0 aromatic carbocycles. The Morgan fingerprint density at radius 2 is 1.92 bits per heavy atom. The van der Waals surface area contributed by atoms with Crippen LogP contribution in [0, 0.1) is 13.8 Å². The van der Waals surface area contributed by atoms with E-state index >= 15 is 0 Å². The molecule has 0 radical (unpaired) electrons. The van der Waals surface area contributed by atoms with Crippen molar-refractivity contribution in [2.24, 2.45) is 0 Å². The zero-order chi connectivity index (χ0) is 9.59. The molecule has 0 fully saturated rings. The summed E-state index contributed by atoms with van der Waals surface area (Å²) in [6, 6.07) is 1.63. The Bertz CT molecular complexity index is 424. The van der Waals surface area contributed by atoms with Crippen LogP contribution in [0.4, 0.5) is 0 Å². The first-order chi connectivity index (χ1) is 6.09. The first kappa shape index (κ1) is 7.91. The summed E-state index contributed by atoms with van der Waals surface area (Å²) in [6.45, 7) is 3.52. The van der Waals surface area contributed by atoms with Crippen LogP contribution in [0.25, 0.3) is 0 Å². The molecular formula is C9H8N2O2. The molecule has 66 valence electrons. The molecule has 1 N–H and O–H groups in total. The Morgan fingerprint density at radius 1 is 1.23 bits per heavy atom. The fraction of sp³-hybridized carbons (Fsp3) is 0.222. The van der Waals surface area contributed by atoms with E-state index in [-0.39, 0.29) is 11.8 Å². The highest BCUT2D eigenvalue weighted by Gasteiger charge is 2.29. The third kappa shape index (κ3) is 1.02. The smallest absolute Gasteiger partial charge is 0.260 e. The molecule has 1 aromatic heterocycles. The minimum absolute atomic E-state index is 0.325. The van der Waals surface area contributed by atoms with Crippen LogP contribution in [-0.2, 0) is 0 Å². The van der Waals surface area contributed by atoms with Crippen molar-refractivity contribution >= 4 is 11.8 Å². The maximum Gasteiger partial charge on any atom is 0.260 e.